The Labute approximate surface area is 89.5 Å². The van der Waals surface area contributed by atoms with Gasteiger partial charge in [-0.2, -0.15) is 0 Å². The zero-order valence-electron chi connectivity index (χ0n) is 7.54. The minimum Gasteiger partial charge on any atom is -0.300 e. The summed E-state index contributed by atoms with van der Waals surface area (Å²) >= 11 is 3.25. The predicted molar refractivity (Wildman–Crippen MR) is 56.0 cm³/mol. The molecule has 4 heteroatoms. The molecule has 2 rings (SSSR count). The Morgan fingerprint density at radius 2 is 2.07 bits per heavy atom. The molecule has 0 N–H and O–H groups in total. The van der Waals surface area contributed by atoms with Crippen molar-refractivity contribution in [1.82, 2.24) is 9.55 Å². The summed E-state index contributed by atoms with van der Waals surface area (Å²) in [5, 5.41) is 0. The second-order valence-corrected chi connectivity index (χ2v) is 3.74. The van der Waals surface area contributed by atoms with E-state index < -0.39 is 0 Å². The van der Waals surface area contributed by atoms with Gasteiger partial charge in [0.1, 0.15) is 16.2 Å². The lowest BCUT2D eigenvalue weighted by atomic mass is 10.3. The number of benzene rings is 1. The minimum absolute atomic E-state index is 0.250. The van der Waals surface area contributed by atoms with Crippen molar-refractivity contribution in [3.05, 3.63) is 46.7 Å². The molecule has 0 bridgehead atoms. The topological polar surface area (TPSA) is 17.8 Å². The maximum atomic E-state index is 13.4. The summed E-state index contributed by atoms with van der Waals surface area (Å²) in [5.74, 6) is 0.502. The van der Waals surface area contributed by atoms with E-state index in [-0.39, 0.29) is 5.82 Å². The van der Waals surface area contributed by atoms with Crippen molar-refractivity contribution in [2.45, 2.75) is 6.92 Å². The number of imidazole rings is 1. The smallest absolute Gasteiger partial charge is 0.147 e. The number of nitrogens with zero attached hydrogens (tertiary/aromatic N) is 2. The van der Waals surface area contributed by atoms with E-state index in [1.165, 1.54) is 6.07 Å². The number of halogens is 2. The summed E-state index contributed by atoms with van der Waals surface area (Å²) in [6, 6.07) is 6.62. The minimum atomic E-state index is -0.250. The lowest BCUT2D eigenvalue weighted by molar-refractivity contribution is 0.616. The van der Waals surface area contributed by atoms with Crippen molar-refractivity contribution >= 4 is 15.9 Å². The van der Waals surface area contributed by atoms with E-state index in [2.05, 4.69) is 20.9 Å². The molecular formula is C10H8BrFN2. The molecule has 0 saturated heterocycles. The maximum Gasteiger partial charge on any atom is 0.147 e. The fourth-order valence-corrected chi connectivity index (χ4v) is 1.79. The standard InChI is InChI=1S/C10H8BrFN2/c1-7-13-10(11)6-14(7)9-5-3-2-4-8(9)12/h2-6H,1H3. The number of hydrogen-bond donors (Lipinski definition) is 0. The molecule has 14 heavy (non-hydrogen) atoms. The van der Waals surface area contributed by atoms with E-state index in [1.54, 1.807) is 29.0 Å². The second kappa shape index (κ2) is 3.53. The SMILES string of the molecule is Cc1nc(Br)cn1-c1ccccc1F. The van der Waals surface area contributed by atoms with E-state index >= 15 is 0 Å². The van der Waals surface area contributed by atoms with Crippen LogP contribution in [0, 0.1) is 12.7 Å². The molecule has 0 aliphatic heterocycles. The van der Waals surface area contributed by atoms with Gasteiger partial charge in [0.05, 0.1) is 5.69 Å². The molecule has 0 atom stereocenters. The first kappa shape index (κ1) is 9.40. The third-order valence-electron chi connectivity index (χ3n) is 1.96. The highest BCUT2D eigenvalue weighted by Gasteiger charge is 2.07. The Balaban J connectivity index is 2.60. The van der Waals surface area contributed by atoms with Crippen LogP contribution in [0.25, 0.3) is 5.69 Å². The Kier molecular flexibility index (Phi) is 2.37. The molecule has 1 aromatic carbocycles. The molecule has 72 valence electrons. The molecule has 0 aliphatic rings. The molecule has 1 aromatic heterocycles. The second-order valence-electron chi connectivity index (χ2n) is 2.93. The van der Waals surface area contributed by atoms with Gasteiger partial charge in [-0.25, -0.2) is 9.37 Å². The molecule has 1 heterocycles. The normalized spacial score (nSPS) is 10.5. The van der Waals surface area contributed by atoms with Crippen molar-refractivity contribution in [1.29, 1.82) is 0 Å². The van der Waals surface area contributed by atoms with Crippen molar-refractivity contribution in [3.63, 3.8) is 0 Å². The number of hydrogen-bond acceptors (Lipinski definition) is 1. The van der Waals surface area contributed by atoms with Gasteiger partial charge in [0, 0.05) is 6.20 Å². The summed E-state index contributed by atoms with van der Waals surface area (Å²) in [6.07, 6.45) is 1.74. The molecule has 0 saturated carbocycles. The lowest BCUT2D eigenvalue weighted by Crippen LogP contribution is -1.97. The van der Waals surface area contributed by atoms with E-state index in [1.807, 2.05) is 6.92 Å². The number of aromatic nitrogens is 2. The van der Waals surface area contributed by atoms with Gasteiger partial charge in [-0.1, -0.05) is 12.1 Å². The monoisotopic (exact) mass is 254 g/mol. The van der Waals surface area contributed by atoms with Crippen molar-refractivity contribution < 1.29 is 4.39 Å². The van der Waals surface area contributed by atoms with Gasteiger partial charge in [-0.15, -0.1) is 0 Å². The Bertz CT molecular complexity index is 465. The highest BCUT2D eigenvalue weighted by atomic mass is 79.9. The van der Waals surface area contributed by atoms with E-state index in [4.69, 9.17) is 0 Å². The zero-order valence-corrected chi connectivity index (χ0v) is 9.12. The third kappa shape index (κ3) is 1.57. The molecule has 0 fully saturated rings. The van der Waals surface area contributed by atoms with Gasteiger partial charge in [-0.3, -0.25) is 4.57 Å². The number of rotatable bonds is 1. The maximum absolute atomic E-state index is 13.4. The molecule has 0 spiro atoms. The van der Waals surface area contributed by atoms with Crippen molar-refractivity contribution in [3.8, 4) is 5.69 Å². The van der Waals surface area contributed by atoms with E-state index in [9.17, 15) is 4.39 Å². The first-order chi connectivity index (χ1) is 6.68. The first-order valence-corrected chi connectivity index (χ1v) is 4.94. The van der Waals surface area contributed by atoms with Gasteiger partial charge in [0.15, 0.2) is 0 Å². The van der Waals surface area contributed by atoms with E-state index in [0.717, 1.165) is 5.82 Å². The van der Waals surface area contributed by atoms with Gasteiger partial charge < -0.3 is 0 Å². The highest BCUT2D eigenvalue weighted by Crippen LogP contribution is 2.17. The van der Waals surface area contributed by atoms with Gasteiger partial charge in [0.25, 0.3) is 0 Å². The van der Waals surface area contributed by atoms with Crippen LogP contribution in [0.4, 0.5) is 4.39 Å². The molecular weight excluding hydrogens is 247 g/mol. The largest absolute Gasteiger partial charge is 0.300 e. The predicted octanol–water partition coefficient (Wildman–Crippen LogP) is 3.08. The van der Waals surface area contributed by atoms with Crippen LogP contribution in [-0.2, 0) is 0 Å². The van der Waals surface area contributed by atoms with Crippen molar-refractivity contribution in [2.24, 2.45) is 0 Å². The molecule has 0 aliphatic carbocycles. The summed E-state index contributed by atoms with van der Waals surface area (Å²) in [5.41, 5.74) is 0.517. The molecule has 0 amide bonds. The summed E-state index contributed by atoms with van der Waals surface area (Å²) in [4.78, 5) is 4.14. The molecule has 0 radical (unpaired) electrons. The van der Waals surface area contributed by atoms with Crippen molar-refractivity contribution in [2.75, 3.05) is 0 Å². The number of para-hydroxylation sites is 1. The van der Waals surface area contributed by atoms with Gasteiger partial charge in [-0.05, 0) is 35.0 Å². The van der Waals surface area contributed by atoms with Crippen LogP contribution >= 0.6 is 15.9 Å². The van der Waals surface area contributed by atoms with Crippen LogP contribution in [0.5, 0.6) is 0 Å². The summed E-state index contributed by atoms with van der Waals surface area (Å²) < 4.78 is 15.8. The molecule has 0 unspecified atom stereocenters. The van der Waals surface area contributed by atoms with Crippen LogP contribution in [0.2, 0.25) is 0 Å². The fraction of sp³-hybridized carbons (Fsp3) is 0.100. The summed E-state index contributed by atoms with van der Waals surface area (Å²) in [7, 11) is 0. The van der Waals surface area contributed by atoms with Crippen LogP contribution in [0.1, 0.15) is 5.82 Å². The molecule has 2 aromatic rings. The van der Waals surface area contributed by atoms with E-state index in [0.29, 0.717) is 10.3 Å². The van der Waals surface area contributed by atoms with Crippen LogP contribution < -0.4 is 0 Å². The lowest BCUT2D eigenvalue weighted by Gasteiger charge is -2.04. The number of aryl methyl sites for hydroxylation is 1. The van der Waals surface area contributed by atoms with Crippen LogP contribution in [-0.4, -0.2) is 9.55 Å². The fourth-order valence-electron chi connectivity index (χ4n) is 1.33. The van der Waals surface area contributed by atoms with Crippen LogP contribution in [0.3, 0.4) is 0 Å². The Morgan fingerprint density at radius 3 is 2.64 bits per heavy atom. The Morgan fingerprint density at radius 1 is 1.36 bits per heavy atom. The molecule has 2 nitrogen and oxygen atoms in total. The third-order valence-corrected chi connectivity index (χ3v) is 2.35. The van der Waals surface area contributed by atoms with Gasteiger partial charge >= 0.3 is 0 Å². The van der Waals surface area contributed by atoms with Gasteiger partial charge in [0.2, 0.25) is 0 Å². The Hall–Kier alpha value is -1.16. The zero-order chi connectivity index (χ0) is 10.1. The van der Waals surface area contributed by atoms with Crippen LogP contribution in [0.15, 0.2) is 35.1 Å². The quantitative estimate of drug-likeness (QED) is 0.765. The highest BCUT2D eigenvalue weighted by molar-refractivity contribution is 9.10. The average molecular weight is 255 g/mol. The first-order valence-electron chi connectivity index (χ1n) is 4.15. The summed E-state index contributed by atoms with van der Waals surface area (Å²) in [6.45, 7) is 1.83. The average Bonchev–Trinajstić information content (AvgIpc) is 2.46.